The van der Waals surface area contributed by atoms with Crippen molar-refractivity contribution in [2.24, 2.45) is 0 Å². The fourth-order valence-corrected chi connectivity index (χ4v) is 4.86. The zero-order chi connectivity index (χ0) is 19.2. The molecular weight excluding hydrogens is 372 g/mol. The minimum atomic E-state index is -3.88. The highest BCUT2D eigenvalue weighted by atomic mass is 32.2. The molecule has 0 radical (unpaired) electrons. The zero-order valence-electron chi connectivity index (χ0n) is 14.1. The van der Waals surface area contributed by atoms with E-state index in [0.717, 1.165) is 0 Å². The van der Waals surface area contributed by atoms with Gasteiger partial charge in [0.1, 0.15) is 5.75 Å². The molecule has 140 valence electrons. The van der Waals surface area contributed by atoms with Crippen LogP contribution in [0.1, 0.15) is 22.3 Å². The van der Waals surface area contributed by atoms with Gasteiger partial charge in [0.15, 0.2) is 6.61 Å². The van der Waals surface area contributed by atoms with Crippen molar-refractivity contribution in [3.63, 3.8) is 0 Å². The van der Waals surface area contributed by atoms with Crippen LogP contribution in [0.3, 0.4) is 0 Å². The van der Waals surface area contributed by atoms with E-state index in [1.165, 1.54) is 40.7 Å². The molecular formula is C18H16N2O6S. The van der Waals surface area contributed by atoms with Gasteiger partial charge in [-0.3, -0.25) is 9.10 Å². The first-order valence-electron chi connectivity index (χ1n) is 8.32. The lowest BCUT2D eigenvalue weighted by atomic mass is 10.0. The Hall–Kier alpha value is -3.07. The molecule has 2 N–H and O–H groups in total. The number of ether oxygens (including phenoxy) is 1. The Morgan fingerprint density at radius 1 is 1.19 bits per heavy atom. The van der Waals surface area contributed by atoms with E-state index in [4.69, 9.17) is 9.84 Å². The summed E-state index contributed by atoms with van der Waals surface area (Å²) in [7, 11) is -3.88. The summed E-state index contributed by atoms with van der Waals surface area (Å²) in [5, 5.41) is 11.7. The molecule has 0 unspecified atom stereocenters. The second-order valence-electron chi connectivity index (χ2n) is 6.32. The molecule has 0 bridgehead atoms. The lowest BCUT2D eigenvalue weighted by molar-refractivity contribution is -0.118. The number of rotatable bonds is 3. The van der Waals surface area contributed by atoms with Crippen molar-refractivity contribution < 1.29 is 27.9 Å². The van der Waals surface area contributed by atoms with E-state index in [1.54, 1.807) is 0 Å². The van der Waals surface area contributed by atoms with Gasteiger partial charge in [-0.2, -0.15) is 0 Å². The number of aryl methyl sites for hydroxylation is 1. The SMILES string of the molecule is O=C1COc2ccc(S(=O)(=O)N3CCCc4cc(C(=O)O)ccc43)cc2N1. The number of aromatic carboxylic acids is 1. The molecule has 2 aromatic rings. The molecule has 0 atom stereocenters. The highest BCUT2D eigenvalue weighted by Gasteiger charge is 2.31. The fraction of sp³-hybridized carbons (Fsp3) is 0.222. The van der Waals surface area contributed by atoms with Crippen LogP contribution in [0.25, 0.3) is 0 Å². The highest BCUT2D eigenvalue weighted by molar-refractivity contribution is 7.92. The lowest BCUT2D eigenvalue weighted by Gasteiger charge is -2.31. The molecule has 0 aliphatic carbocycles. The molecule has 4 rings (SSSR count). The van der Waals surface area contributed by atoms with Gasteiger partial charge in [-0.25, -0.2) is 13.2 Å². The number of carbonyl (C=O) groups is 2. The van der Waals surface area contributed by atoms with Crippen molar-refractivity contribution in [2.75, 3.05) is 22.8 Å². The first-order valence-corrected chi connectivity index (χ1v) is 9.76. The van der Waals surface area contributed by atoms with E-state index in [9.17, 15) is 18.0 Å². The van der Waals surface area contributed by atoms with Gasteiger partial charge in [0.05, 0.1) is 21.8 Å². The van der Waals surface area contributed by atoms with Crippen LogP contribution >= 0.6 is 0 Å². The molecule has 0 fully saturated rings. The number of hydrogen-bond acceptors (Lipinski definition) is 5. The van der Waals surface area contributed by atoms with Gasteiger partial charge in [-0.1, -0.05) is 0 Å². The Morgan fingerprint density at radius 2 is 2.00 bits per heavy atom. The number of hydrogen-bond donors (Lipinski definition) is 2. The summed E-state index contributed by atoms with van der Waals surface area (Å²) in [4.78, 5) is 22.7. The van der Waals surface area contributed by atoms with Crippen molar-refractivity contribution in [1.82, 2.24) is 0 Å². The first-order chi connectivity index (χ1) is 12.9. The Balaban J connectivity index is 1.75. The van der Waals surface area contributed by atoms with Crippen LogP contribution in [0, 0.1) is 0 Å². The van der Waals surface area contributed by atoms with Crippen LogP contribution < -0.4 is 14.4 Å². The van der Waals surface area contributed by atoms with Crippen LogP contribution in [0.2, 0.25) is 0 Å². The van der Waals surface area contributed by atoms with Crippen LogP contribution in [-0.2, 0) is 21.2 Å². The molecule has 2 heterocycles. The van der Waals surface area contributed by atoms with Gasteiger partial charge in [-0.05, 0) is 54.8 Å². The van der Waals surface area contributed by atoms with Crippen molar-refractivity contribution in [2.45, 2.75) is 17.7 Å². The minimum absolute atomic E-state index is 0.0298. The third kappa shape index (κ3) is 2.99. The van der Waals surface area contributed by atoms with E-state index >= 15 is 0 Å². The Bertz CT molecular complexity index is 1060. The molecule has 27 heavy (non-hydrogen) atoms. The summed E-state index contributed by atoms with van der Waals surface area (Å²) in [5.41, 5.74) is 1.59. The van der Waals surface area contributed by atoms with Crippen LogP contribution in [0.5, 0.6) is 5.75 Å². The third-order valence-corrected chi connectivity index (χ3v) is 6.38. The number of benzene rings is 2. The van der Waals surface area contributed by atoms with Crippen LogP contribution in [-0.4, -0.2) is 38.6 Å². The van der Waals surface area contributed by atoms with E-state index < -0.39 is 16.0 Å². The maximum absolute atomic E-state index is 13.2. The second-order valence-corrected chi connectivity index (χ2v) is 8.19. The monoisotopic (exact) mass is 388 g/mol. The maximum Gasteiger partial charge on any atom is 0.335 e. The topological polar surface area (TPSA) is 113 Å². The number of carboxylic acids is 1. The molecule has 2 aromatic carbocycles. The Labute approximate surface area is 155 Å². The average molecular weight is 388 g/mol. The number of nitrogens with one attached hydrogen (secondary N) is 1. The minimum Gasteiger partial charge on any atom is -0.482 e. The molecule has 0 spiro atoms. The van der Waals surface area contributed by atoms with Crippen LogP contribution in [0.15, 0.2) is 41.3 Å². The molecule has 0 saturated carbocycles. The van der Waals surface area contributed by atoms with Crippen molar-refractivity contribution in [3.8, 4) is 5.75 Å². The van der Waals surface area contributed by atoms with E-state index in [2.05, 4.69) is 5.32 Å². The van der Waals surface area contributed by atoms with Crippen molar-refractivity contribution in [3.05, 3.63) is 47.5 Å². The fourth-order valence-electron chi connectivity index (χ4n) is 3.30. The molecule has 0 saturated heterocycles. The van der Waals surface area contributed by atoms with Gasteiger partial charge < -0.3 is 15.2 Å². The smallest absolute Gasteiger partial charge is 0.335 e. The summed E-state index contributed by atoms with van der Waals surface area (Å²) >= 11 is 0. The number of amides is 1. The Kier molecular flexibility index (Phi) is 4.03. The maximum atomic E-state index is 13.2. The lowest BCUT2D eigenvalue weighted by Crippen LogP contribution is -2.35. The first kappa shape index (κ1) is 17.3. The number of carboxylic acid groups (broad SMARTS) is 1. The number of carbonyl (C=O) groups excluding carboxylic acids is 1. The average Bonchev–Trinajstić information content (AvgIpc) is 2.66. The van der Waals surface area contributed by atoms with Crippen molar-refractivity contribution in [1.29, 1.82) is 0 Å². The number of anilines is 2. The Morgan fingerprint density at radius 3 is 2.78 bits per heavy atom. The normalized spacial score (nSPS) is 16.0. The zero-order valence-corrected chi connectivity index (χ0v) is 15.0. The van der Waals surface area contributed by atoms with Gasteiger partial charge in [-0.15, -0.1) is 0 Å². The summed E-state index contributed by atoms with van der Waals surface area (Å²) in [5.74, 6) is -0.983. The quantitative estimate of drug-likeness (QED) is 0.830. The molecule has 0 aromatic heterocycles. The predicted octanol–water partition coefficient (Wildman–Crippen LogP) is 1.86. The van der Waals surface area contributed by atoms with E-state index in [-0.39, 0.29) is 23.0 Å². The van der Waals surface area contributed by atoms with Crippen LogP contribution in [0.4, 0.5) is 11.4 Å². The number of sulfonamides is 1. The third-order valence-electron chi connectivity index (χ3n) is 4.57. The predicted molar refractivity (Wildman–Crippen MR) is 96.8 cm³/mol. The summed E-state index contributed by atoms with van der Waals surface area (Å²) in [6, 6.07) is 8.77. The van der Waals surface area contributed by atoms with Gasteiger partial charge in [0, 0.05) is 6.54 Å². The van der Waals surface area contributed by atoms with Crippen molar-refractivity contribution >= 4 is 33.3 Å². The molecule has 9 heteroatoms. The number of fused-ring (bicyclic) bond motifs is 2. The summed E-state index contributed by atoms with van der Waals surface area (Å²) in [6.07, 6.45) is 1.19. The summed E-state index contributed by atoms with van der Waals surface area (Å²) in [6.45, 7) is 0.187. The van der Waals surface area contributed by atoms with Gasteiger partial charge in [0.25, 0.3) is 15.9 Å². The van der Waals surface area contributed by atoms with Gasteiger partial charge in [0.2, 0.25) is 0 Å². The largest absolute Gasteiger partial charge is 0.482 e. The standard InChI is InChI=1S/C18H16N2O6S/c21-17-10-26-16-6-4-13(9-14(16)19-17)27(24,25)20-7-1-2-11-8-12(18(22)23)3-5-15(11)20/h3-6,8-9H,1-2,7,10H2,(H,19,21)(H,22,23). The van der Waals surface area contributed by atoms with E-state index in [1.807, 2.05) is 0 Å². The number of nitrogens with zero attached hydrogens (tertiary/aromatic N) is 1. The van der Waals surface area contributed by atoms with E-state index in [0.29, 0.717) is 42.1 Å². The highest BCUT2D eigenvalue weighted by Crippen LogP contribution is 2.35. The summed E-state index contributed by atoms with van der Waals surface area (Å²) < 4.78 is 32.9. The molecule has 1 amide bonds. The molecule has 8 nitrogen and oxygen atoms in total. The second kappa shape index (κ2) is 6.27. The molecule has 2 aliphatic rings. The van der Waals surface area contributed by atoms with Gasteiger partial charge >= 0.3 is 5.97 Å². The molecule has 2 aliphatic heterocycles.